The van der Waals surface area contributed by atoms with Crippen LogP contribution in [0.5, 0.6) is 0 Å². The standard InChI is InChI=1S/C30H17NO/c1-4-13-26-20(8-1)24-16-18(17-25-21-9-2-5-14-27(21)31(26)29(24)25)19-11-7-12-23-22-10-3-6-15-28(22)32-30(19)23/h1-17H. The van der Waals surface area contributed by atoms with Crippen molar-refractivity contribution in [1.29, 1.82) is 0 Å². The van der Waals surface area contributed by atoms with E-state index in [1.165, 1.54) is 43.7 Å². The first-order chi connectivity index (χ1) is 15.9. The number of benzene rings is 5. The fraction of sp³-hybridized carbons (Fsp3) is 0. The molecule has 0 saturated carbocycles. The summed E-state index contributed by atoms with van der Waals surface area (Å²) in [6, 6.07) is 36.9. The van der Waals surface area contributed by atoms with Crippen LogP contribution in [0.1, 0.15) is 0 Å². The predicted octanol–water partition coefficient (Wildman–Crippen LogP) is 8.40. The maximum atomic E-state index is 6.37. The van der Waals surface area contributed by atoms with Gasteiger partial charge in [-0.1, -0.05) is 72.8 Å². The molecule has 0 bridgehead atoms. The minimum Gasteiger partial charge on any atom is -0.455 e. The van der Waals surface area contributed by atoms with Crippen molar-refractivity contribution in [3.63, 3.8) is 0 Å². The molecule has 0 aliphatic rings. The van der Waals surface area contributed by atoms with Crippen molar-refractivity contribution < 1.29 is 4.42 Å². The lowest BCUT2D eigenvalue weighted by Gasteiger charge is -2.05. The van der Waals surface area contributed by atoms with Gasteiger partial charge in [0.2, 0.25) is 0 Å². The fourth-order valence-electron chi connectivity index (χ4n) is 5.58. The van der Waals surface area contributed by atoms with Crippen molar-refractivity contribution in [2.75, 3.05) is 0 Å². The Morgan fingerprint density at radius 3 is 1.81 bits per heavy atom. The van der Waals surface area contributed by atoms with Gasteiger partial charge < -0.3 is 8.82 Å². The van der Waals surface area contributed by atoms with Crippen molar-refractivity contribution in [3.05, 3.63) is 103 Å². The summed E-state index contributed by atoms with van der Waals surface area (Å²) < 4.78 is 8.79. The van der Waals surface area contributed by atoms with Crippen molar-refractivity contribution >= 4 is 60.0 Å². The summed E-state index contributed by atoms with van der Waals surface area (Å²) in [6.07, 6.45) is 0. The van der Waals surface area contributed by atoms with E-state index in [9.17, 15) is 0 Å². The molecule has 0 unspecified atom stereocenters. The number of para-hydroxylation sites is 4. The minimum atomic E-state index is 0.933. The third-order valence-electron chi connectivity index (χ3n) is 6.92. The zero-order valence-electron chi connectivity index (χ0n) is 17.2. The Kier molecular flexibility index (Phi) is 2.91. The van der Waals surface area contributed by atoms with E-state index in [1.807, 2.05) is 12.1 Å². The highest BCUT2D eigenvalue weighted by atomic mass is 16.3. The highest BCUT2D eigenvalue weighted by Crippen LogP contribution is 2.43. The lowest BCUT2D eigenvalue weighted by atomic mass is 9.98. The summed E-state index contributed by atoms with van der Waals surface area (Å²) in [6.45, 7) is 0. The molecule has 5 aromatic carbocycles. The molecule has 0 amide bonds. The van der Waals surface area contributed by atoms with Gasteiger partial charge in [0.15, 0.2) is 0 Å². The molecular weight excluding hydrogens is 390 g/mol. The van der Waals surface area contributed by atoms with Crippen LogP contribution >= 0.6 is 0 Å². The summed E-state index contributed by atoms with van der Waals surface area (Å²) in [7, 11) is 0. The summed E-state index contributed by atoms with van der Waals surface area (Å²) in [5, 5.41) is 7.48. The van der Waals surface area contributed by atoms with Gasteiger partial charge in [0.1, 0.15) is 11.2 Å². The van der Waals surface area contributed by atoms with Crippen molar-refractivity contribution in [3.8, 4) is 11.1 Å². The smallest absolute Gasteiger partial charge is 0.143 e. The van der Waals surface area contributed by atoms with E-state index in [0.717, 1.165) is 27.5 Å². The summed E-state index contributed by atoms with van der Waals surface area (Å²) in [5.74, 6) is 0. The second-order valence-electron chi connectivity index (χ2n) is 8.57. The number of aromatic nitrogens is 1. The van der Waals surface area contributed by atoms with Gasteiger partial charge in [-0.3, -0.25) is 0 Å². The first kappa shape index (κ1) is 16.4. The average Bonchev–Trinajstić information content (AvgIpc) is 3.50. The molecule has 2 nitrogen and oxygen atoms in total. The van der Waals surface area contributed by atoms with Crippen molar-refractivity contribution in [2.45, 2.75) is 0 Å². The van der Waals surface area contributed by atoms with E-state index in [0.29, 0.717) is 0 Å². The molecule has 0 radical (unpaired) electrons. The van der Waals surface area contributed by atoms with Crippen LogP contribution < -0.4 is 0 Å². The number of rotatable bonds is 1. The van der Waals surface area contributed by atoms with Crippen molar-refractivity contribution in [1.82, 2.24) is 4.40 Å². The minimum absolute atomic E-state index is 0.933. The highest BCUT2D eigenvalue weighted by Gasteiger charge is 2.19. The molecule has 148 valence electrons. The molecule has 8 rings (SSSR count). The molecule has 0 aliphatic heterocycles. The summed E-state index contributed by atoms with van der Waals surface area (Å²) in [5.41, 5.74) is 8.03. The average molecular weight is 407 g/mol. The van der Waals surface area contributed by atoms with E-state index in [2.05, 4.69) is 95.4 Å². The third kappa shape index (κ3) is 1.91. The van der Waals surface area contributed by atoms with Crippen LogP contribution in [0.25, 0.3) is 71.2 Å². The van der Waals surface area contributed by atoms with Crippen LogP contribution in [-0.2, 0) is 0 Å². The number of hydrogen-bond donors (Lipinski definition) is 0. The lowest BCUT2D eigenvalue weighted by Crippen LogP contribution is -1.80. The second-order valence-corrected chi connectivity index (χ2v) is 8.57. The topological polar surface area (TPSA) is 17.6 Å². The van der Waals surface area contributed by atoms with Crippen molar-refractivity contribution in [2.24, 2.45) is 0 Å². The monoisotopic (exact) mass is 407 g/mol. The van der Waals surface area contributed by atoms with E-state index in [4.69, 9.17) is 4.42 Å². The molecule has 8 aromatic rings. The number of furan rings is 1. The Labute approximate surface area is 183 Å². The van der Waals surface area contributed by atoms with Gasteiger partial charge >= 0.3 is 0 Å². The Morgan fingerprint density at radius 2 is 1.09 bits per heavy atom. The van der Waals surface area contributed by atoms with Crippen LogP contribution in [0.3, 0.4) is 0 Å². The molecule has 0 spiro atoms. The van der Waals surface area contributed by atoms with Gasteiger partial charge in [-0.05, 0) is 35.9 Å². The van der Waals surface area contributed by atoms with Gasteiger partial charge in [0.05, 0.1) is 16.6 Å². The molecular formula is C30H17NO. The maximum absolute atomic E-state index is 6.37. The Bertz CT molecular complexity index is 1900. The molecule has 32 heavy (non-hydrogen) atoms. The molecule has 3 aromatic heterocycles. The SMILES string of the molecule is c1ccc2c(c1)oc1c(-c3cc4c5ccccc5n5c6ccccc6c(c3)c45)cccc12. The normalized spacial score (nSPS) is 12.4. The van der Waals surface area contributed by atoms with E-state index >= 15 is 0 Å². The van der Waals surface area contributed by atoms with Gasteiger partial charge in [0.25, 0.3) is 0 Å². The first-order valence-electron chi connectivity index (χ1n) is 11.0. The predicted molar refractivity (Wildman–Crippen MR) is 134 cm³/mol. The zero-order valence-corrected chi connectivity index (χ0v) is 17.2. The number of fused-ring (bicyclic) bond motifs is 9. The second kappa shape index (κ2) is 5.68. The van der Waals surface area contributed by atoms with Crippen LogP contribution in [0, 0.1) is 0 Å². The molecule has 3 heterocycles. The quantitative estimate of drug-likeness (QED) is 0.267. The van der Waals surface area contributed by atoms with Gasteiger partial charge in [-0.25, -0.2) is 0 Å². The largest absolute Gasteiger partial charge is 0.455 e. The Hall–Kier alpha value is -4.30. The Balaban J connectivity index is 1.58. The summed E-state index contributed by atoms with van der Waals surface area (Å²) >= 11 is 0. The molecule has 0 aliphatic carbocycles. The lowest BCUT2D eigenvalue weighted by molar-refractivity contribution is 0.670. The summed E-state index contributed by atoms with van der Waals surface area (Å²) in [4.78, 5) is 0. The molecule has 2 heteroatoms. The fourth-order valence-corrected chi connectivity index (χ4v) is 5.58. The van der Waals surface area contributed by atoms with Crippen LogP contribution in [0.2, 0.25) is 0 Å². The van der Waals surface area contributed by atoms with E-state index in [1.54, 1.807) is 0 Å². The van der Waals surface area contributed by atoms with Gasteiger partial charge in [0, 0.05) is 37.9 Å². The zero-order chi connectivity index (χ0) is 20.8. The van der Waals surface area contributed by atoms with E-state index in [-0.39, 0.29) is 0 Å². The molecule has 0 fully saturated rings. The van der Waals surface area contributed by atoms with E-state index < -0.39 is 0 Å². The van der Waals surface area contributed by atoms with Crippen LogP contribution in [-0.4, -0.2) is 4.40 Å². The van der Waals surface area contributed by atoms with Crippen LogP contribution in [0.15, 0.2) is 108 Å². The number of nitrogens with zero attached hydrogens (tertiary/aromatic N) is 1. The third-order valence-corrected chi connectivity index (χ3v) is 6.92. The molecule has 0 saturated heterocycles. The van der Waals surface area contributed by atoms with Gasteiger partial charge in [-0.2, -0.15) is 0 Å². The molecule has 0 N–H and O–H groups in total. The first-order valence-corrected chi connectivity index (χ1v) is 11.0. The highest BCUT2D eigenvalue weighted by molar-refractivity contribution is 6.25. The van der Waals surface area contributed by atoms with Gasteiger partial charge in [-0.15, -0.1) is 0 Å². The number of hydrogen-bond acceptors (Lipinski definition) is 1. The maximum Gasteiger partial charge on any atom is 0.143 e. The molecule has 0 atom stereocenters. The Morgan fingerprint density at radius 1 is 0.500 bits per heavy atom. The van der Waals surface area contributed by atoms with Crippen LogP contribution in [0.4, 0.5) is 0 Å².